The zero-order valence-corrected chi connectivity index (χ0v) is 17.8. The van der Waals surface area contributed by atoms with E-state index in [2.05, 4.69) is 30.0 Å². The first-order chi connectivity index (χ1) is 15.0. The van der Waals surface area contributed by atoms with E-state index in [1.165, 1.54) is 5.56 Å². The van der Waals surface area contributed by atoms with Gasteiger partial charge in [0.05, 0.1) is 7.11 Å². The van der Waals surface area contributed by atoms with Crippen LogP contribution in [0, 0.1) is 13.8 Å². The van der Waals surface area contributed by atoms with Crippen LogP contribution in [-0.4, -0.2) is 13.8 Å². The number of aryl methyl sites for hydroxylation is 2. The first kappa shape index (κ1) is 19.2. The number of para-hydroxylation sites is 1. The van der Waals surface area contributed by atoms with Gasteiger partial charge in [-0.1, -0.05) is 30.3 Å². The number of methoxy groups -OCH3 is 1. The molecule has 0 bridgehead atoms. The minimum Gasteiger partial charge on any atom is -0.497 e. The molecule has 0 spiro atoms. The zero-order chi connectivity index (χ0) is 21.5. The molecular formula is C26H23NO4. The molecule has 1 aliphatic rings. The van der Waals surface area contributed by atoms with Gasteiger partial charge in [-0.05, 0) is 54.8 Å². The summed E-state index contributed by atoms with van der Waals surface area (Å²) in [5, 5.41) is 0.899. The molecule has 156 valence electrons. The third-order valence-corrected chi connectivity index (χ3v) is 5.87. The summed E-state index contributed by atoms with van der Waals surface area (Å²) >= 11 is 0. The number of hydrogen-bond acceptors (Lipinski definition) is 5. The Hall–Kier alpha value is -3.73. The standard InChI is InChI=1S/C26H23NO4/c1-16-6-4-5-7-23(16)27-14-19-12-22-21(18-8-10-20(29-3)11-9-18)13-24(28)31-26(22)17(2)25(19)30-15-27/h4-13H,14-15H2,1-3H3. The fraction of sp³-hybridized carbons (Fsp3) is 0.192. The number of hydrogen-bond donors (Lipinski definition) is 0. The highest BCUT2D eigenvalue weighted by atomic mass is 16.5. The largest absolute Gasteiger partial charge is 0.497 e. The lowest BCUT2D eigenvalue weighted by molar-refractivity contribution is 0.287. The van der Waals surface area contributed by atoms with E-state index in [0.717, 1.165) is 51.4 Å². The quantitative estimate of drug-likeness (QED) is 0.419. The number of fused-ring (bicyclic) bond motifs is 2. The van der Waals surface area contributed by atoms with E-state index in [9.17, 15) is 4.79 Å². The molecule has 5 nitrogen and oxygen atoms in total. The summed E-state index contributed by atoms with van der Waals surface area (Å²) in [5.74, 6) is 1.57. The van der Waals surface area contributed by atoms with Gasteiger partial charge in [-0.25, -0.2) is 4.79 Å². The molecule has 0 atom stereocenters. The summed E-state index contributed by atoms with van der Waals surface area (Å²) in [6.07, 6.45) is 0. The Labute approximate surface area is 180 Å². The van der Waals surface area contributed by atoms with E-state index < -0.39 is 0 Å². The molecular weight excluding hydrogens is 390 g/mol. The van der Waals surface area contributed by atoms with E-state index in [1.807, 2.05) is 43.3 Å². The highest BCUT2D eigenvalue weighted by Crippen LogP contribution is 2.39. The Morgan fingerprint density at radius 3 is 2.52 bits per heavy atom. The Morgan fingerprint density at radius 1 is 1.00 bits per heavy atom. The third kappa shape index (κ3) is 3.32. The molecule has 0 saturated heterocycles. The number of benzene rings is 3. The first-order valence-electron chi connectivity index (χ1n) is 10.2. The fourth-order valence-electron chi connectivity index (χ4n) is 4.30. The minimum absolute atomic E-state index is 0.376. The Morgan fingerprint density at radius 2 is 1.77 bits per heavy atom. The number of rotatable bonds is 3. The van der Waals surface area contributed by atoms with E-state index in [4.69, 9.17) is 13.9 Å². The van der Waals surface area contributed by atoms with Crippen LogP contribution in [0.1, 0.15) is 16.7 Å². The van der Waals surface area contributed by atoms with Crippen molar-refractivity contribution >= 4 is 16.7 Å². The Bertz CT molecular complexity index is 1340. The van der Waals surface area contributed by atoms with Crippen molar-refractivity contribution in [3.05, 3.63) is 87.8 Å². The fourth-order valence-corrected chi connectivity index (χ4v) is 4.30. The lowest BCUT2D eigenvalue weighted by Crippen LogP contribution is -2.32. The smallest absolute Gasteiger partial charge is 0.336 e. The van der Waals surface area contributed by atoms with Gasteiger partial charge < -0.3 is 18.8 Å². The predicted molar refractivity (Wildman–Crippen MR) is 122 cm³/mol. The molecule has 3 aromatic carbocycles. The number of nitrogens with zero attached hydrogens (tertiary/aromatic N) is 1. The summed E-state index contributed by atoms with van der Waals surface area (Å²) in [6, 6.07) is 19.6. The monoisotopic (exact) mass is 413 g/mol. The van der Waals surface area contributed by atoms with Crippen LogP contribution < -0.4 is 20.0 Å². The summed E-state index contributed by atoms with van der Waals surface area (Å²) < 4.78 is 17.0. The van der Waals surface area contributed by atoms with Crippen LogP contribution in [0.25, 0.3) is 22.1 Å². The molecule has 2 heterocycles. The molecule has 0 N–H and O–H groups in total. The second-order valence-electron chi connectivity index (χ2n) is 7.83. The van der Waals surface area contributed by atoms with Crippen LogP contribution in [0.2, 0.25) is 0 Å². The highest BCUT2D eigenvalue weighted by Gasteiger charge is 2.24. The van der Waals surface area contributed by atoms with Crippen LogP contribution in [-0.2, 0) is 6.54 Å². The lowest BCUT2D eigenvalue weighted by Gasteiger charge is -2.33. The first-order valence-corrected chi connectivity index (χ1v) is 10.2. The van der Waals surface area contributed by atoms with E-state index in [1.54, 1.807) is 13.2 Å². The molecule has 4 aromatic rings. The molecule has 0 unspecified atom stereocenters. The number of anilines is 1. The molecule has 31 heavy (non-hydrogen) atoms. The average molecular weight is 413 g/mol. The van der Waals surface area contributed by atoms with Gasteiger partial charge in [-0.2, -0.15) is 0 Å². The highest BCUT2D eigenvalue weighted by molar-refractivity contribution is 5.96. The van der Waals surface area contributed by atoms with Crippen LogP contribution in [0.3, 0.4) is 0 Å². The summed E-state index contributed by atoms with van der Waals surface area (Å²) in [6.45, 7) is 5.23. The van der Waals surface area contributed by atoms with Crippen molar-refractivity contribution in [2.24, 2.45) is 0 Å². The Balaban J connectivity index is 1.66. The second kappa shape index (κ2) is 7.51. The average Bonchev–Trinajstić information content (AvgIpc) is 2.79. The number of ether oxygens (including phenoxy) is 2. The molecule has 1 aromatic heterocycles. The van der Waals surface area contributed by atoms with Crippen molar-refractivity contribution in [2.45, 2.75) is 20.4 Å². The maximum atomic E-state index is 12.4. The SMILES string of the molecule is COc1ccc(-c2cc(=O)oc3c(C)c4c(cc23)CN(c2ccccc2C)CO4)cc1. The minimum atomic E-state index is -0.376. The zero-order valence-electron chi connectivity index (χ0n) is 17.8. The van der Waals surface area contributed by atoms with E-state index >= 15 is 0 Å². The van der Waals surface area contributed by atoms with E-state index in [-0.39, 0.29) is 5.63 Å². The van der Waals surface area contributed by atoms with Gasteiger partial charge in [0.15, 0.2) is 6.73 Å². The molecule has 5 rings (SSSR count). The van der Waals surface area contributed by atoms with Crippen LogP contribution in [0.15, 0.2) is 69.9 Å². The van der Waals surface area contributed by atoms with Gasteiger partial charge in [-0.3, -0.25) is 0 Å². The summed E-state index contributed by atoms with van der Waals surface area (Å²) in [7, 11) is 1.64. The van der Waals surface area contributed by atoms with Crippen molar-refractivity contribution < 1.29 is 13.9 Å². The van der Waals surface area contributed by atoms with Gasteiger partial charge in [0.2, 0.25) is 0 Å². The Kier molecular flexibility index (Phi) is 4.66. The molecule has 0 amide bonds. The predicted octanol–water partition coefficient (Wildman–Crippen LogP) is 5.44. The second-order valence-corrected chi connectivity index (χ2v) is 7.83. The van der Waals surface area contributed by atoms with E-state index in [0.29, 0.717) is 12.3 Å². The van der Waals surface area contributed by atoms with Crippen molar-refractivity contribution in [1.29, 1.82) is 0 Å². The molecule has 0 fully saturated rings. The van der Waals surface area contributed by atoms with Crippen LogP contribution in [0.5, 0.6) is 11.5 Å². The molecule has 0 saturated carbocycles. The molecule has 5 heteroatoms. The normalized spacial score (nSPS) is 13.1. The van der Waals surface area contributed by atoms with Crippen LogP contribution >= 0.6 is 0 Å². The van der Waals surface area contributed by atoms with Gasteiger partial charge >= 0.3 is 5.63 Å². The molecule has 0 radical (unpaired) electrons. The third-order valence-electron chi connectivity index (χ3n) is 5.87. The van der Waals surface area contributed by atoms with Crippen molar-refractivity contribution in [3.8, 4) is 22.6 Å². The van der Waals surface area contributed by atoms with Crippen molar-refractivity contribution in [1.82, 2.24) is 0 Å². The van der Waals surface area contributed by atoms with Crippen LogP contribution in [0.4, 0.5) is 5.69 Å². The van der Waals surface area contributed by atoms with Gasteiger partial charge in [-0.15, -0.1) is 0 Å². The lowest BCUT2D eigenvalue weighted by atomic mass is 9.96. The van der Waals surface area contributed by atoms with Crippen molar-refractivity contribution in [3.63, 3.8) is 0 Å². The van der Waals surface area contributed by atoms with Gasteiger partial charge in [0.1, 0.15) is 17.1 Å². The molecule has 1 aliphatic heterocycles. The summed E-state index contributed by atoms with van der Waals surface area (Å²) in [5.41, 5.74) is 6.25. The summed E-state index contributed by atoms with van der Waals surface area (Å²) in [4.78, 5) is 14.6. The molecule has 0 aliphatic carbocycles. The maximum Gasteiger partial charge on any atom is 0.336 e. The van der Waals surface area contributed by atoms with Crippen molar-refractivity contribution in [2.75, 3.05) is 18.7 Å². The van der Waals surface area contributed by atoms with Gasteiger partial charge in [0.25, 0.3) is 0 Å². The van der Waals surface area contributed by atoms with Gasteiger partial charge in [0, 0.05) is 34.8 Å². The topological polar surface area (TPSA) is 51.9 Å². The maximum absolute atomic E-state index is 12.4.